The van der Waals surface area contributed by atoms with Crippen LogP contribution >= 0.6 is 0 Å². The Morgan fingerprint density at radius 1 is 0.709 bits per heavy atom. The highest BCUT2D eigenvalue weighted by Crippen LogP contribution is 2.38. The van der Waals surface area contributed by atoms with Crippen LogP contribution in [-0.2, 0) is 38.3 Å². The van der Waals surface area contributed by atoms with Gasteiger partial charge in [0.15, 0.2) is 0 Å². The summed E-state index contributed by atoms with van der Waals surface area (Å²) >= 11 is 0. The number of carbonyl (C=O) groups excluding carboxylic acids is 2. The molecule has 1 fully saturated rings. The molecule has 0 unspecified atom stereocenters. The lowest BCUT2D eigenvalue weighted by molar-refractivity contribution is -0.139. The molecular formula is C48H64O7. The molecule has 2 N–H and O–H groups in total. The molecule has 298 valence electrons. The summed E-state index contributed by atoms with van der Waals surface area (Å²) in [5.41, 5.74) is 9.36. The first-order valence-corrected chi connectivity index (χ1v) is 20.4. The highest BCUT2D eigenvalue weighted by atomic mass is 16.5. The Balaban J connectivity index is 1.70. The average molecular weight is 753 g/mol. The first kappa shape index (κ1) is 43.5. The van der Waals surface area contributed by atoms with Crippen LogP contribution < -0.4 is 4.74 Å². The zero-order valence-corrected chi connectivity index (χ0v) is 33.9. The minimum absolute atomic E-state index is 0.123. The van der Waals surface area contributed by atoms with Gasteiger partial charge >= 0.3 is 11.9 Å². The summed E-state index contributed by atoms with van der Waals surface area (Å²) in [7, 11) is 0. The Kier molecular flexibility index (Phi) is 17.2. The Hall–Kier alpha value is -4.20. The summed E-state index contributed by atoms with van der Waals surface area (Å²) in [5, 5.41) is 20.5. The van der Waals surface area contributed by atoms with Crippen molar-refractivity contribution in [2.75, 3.05) is 33.0 Å². The number of carbonyl (C=O) groups is 2. The molecule has 0 bridgehead atoms. The van der Waals surface area contributed by atoms with Crippen molar-refractivity contribution in [3.05, 3.63) is 101 Å². The summed E-state index contributed by atoms with van der Waals surface area (Å²) in [6.07, 6.45) is 11.8. The van der Waals surface area contributed by atoms with Crippen molar-refractivity contribution in [2.24, 2.45) is 5.41 Å². The molecule has 3 aromatic rings. The summed E-state index contributed by atoms with van der Waals surface area (Å²) in [4.78, 5) is 24.3. The quantitative estimate of drug-likeness (QED) is 0.0598. The van der Waals surface area contributed by atoms with Crippen LogP contribution in [0.1, 0.15) is 120 Å². The first-order valence-electron chi connectivity index (χ1n) is 20.4. The molecule has 0 radical (unpaired) electrons. The van der Waals surface area contributed by atoms with Crippen LogP contribution in [0.25, 0.3) is 22.3 Å². The maximum Gasteiger partial charge on any atom is 0.333 e. The van der Waals surface area contributed by atoms with E-state index >= 15 is 0 Å². The number of hydrogen-bond acceptors (Lipinski definition) is 7. The smallest absolute Gasteiger partial charge is 0.333 e. The topological polar surface area (TPSA) is 102 Å². The van der Waals surface area contributed by atoms with Crippen LogP contribution in [0, 0.1) is 5.41 Å². The monoisotopic (exact) mass is 752 g/mol. The van der Waals surface area contributed by atoms with Crippen LogP contribution in [-0.4, -0.2) is 55.2 Å². The predicted octanol–water partition coefficient (Wildman–Crippen LogP) is 10.3. The molecule has 0 aromatic heterocycles. The maximum absolute atomic E-state index is 12.2. The number of esters is 2. The van der Waals surface area contributed by atoms with Gasteiger partial charge in [-0.1, -0.05) is 95.2 Å². The van der Waals surface area contributed by atoms with Gasteiger partial charge in [0.1, 0.15) is 5.75 Å². The first-order chi connectivity index (χ1) is 26.5. The number of aliphatic hydroxyl groups is 2. The summed E-state index contributed by atoms with van der Waals surface area (Å²) in [5.74, 6) is 0.597. The zero-order chi connectivity index (χ0) is 39.8. The molecule has 7 heteroatoms. The van der Waals surface area contributed by atoms with Gasteiger partial charge in [0.25, 0.3) is 0 Å². The van der Waals surface area contributed by atoms with Crippen molar-refractivity contribution in [1.29, 1.82) is 0 Å². The maximum atomic E-state index is 12.2. The van der Waals surface area contributed by atoms with E-state index < -0.39 is 17.4 Å². The number of ether oxygens (including phenoxy) is 3. The summed E-state index contributed by atoms with van der Waals surface area (Å²) in [6.45, 7) is 15.4. The Morgan fingerprint density at radius 2 is 1.25 bits per heavy atom. The third-order valence-corrected chi connectivity index (χ3v) is 11.0. The Morgan fingerprint density at radius 3 is 1.76 bits per heavy atom. The van der Waals surface area contributed by atoms with Gasteiger partial charge < -0.3 is 24.4 Å². The predicted molar refractivity (Wildman–Crippen MR) is 222 cm³/mol. The Labute approximate surface area is 329 Å². The van der Waals surface area contributed by atoms with Gasteiger partial charge in [0, 0.05) is 16.6 Å². The van der Waals surface area contributed by atoms with Crippen LogP contribution in [0.2, 0.25) is 0 Å². The van der Waals surface area contributed by atoms with E-state index in [-0.39, 0.29) is 26.4 Å². The van der Waals surface area contributed by atoms with Crippen molar-refractivity contribution in [3.63, 3.8) is 0 Å². The molecule has 0 spiro atoms. The SMILES string of the molecule is C=C(C)C(=O)OCCCc1cc(-c2ccc(-c3ccc(C4CCCCC4)cc3)cc2CC)cc(CCCOC(=O)C(=C)C)c1OCCC(CO)(CO)CCC. The lowest BCUT2D eigenvalue weighted by Crippen LogP contribution is -2.31. The molecule has 7 nitrogen and oxygen atoms in total. The molecule has 0 aliphatic heterocycles. The number of benzene rings is 3. The van der Waals surface area contributed by atoms with Crippen LogP contribution in [0.4, 0.5) is 0 Å². The largest absolute Gasteiger partial charge is 0.493 e. The van der Waals surface area contributed by atoms with Crippen molar-refractivity contribution in [2.45, 2.75) is 117 Å². The fourth-order valence-corrected chi connectivity index (χ4v) is 7.69. The van der Waals surface area contributed by atoms with E-state index in [2.05, 4.69) is 74.7 Å². The highest BCUT2D eigenvalue weighted by Gasteiger charge is 2.28. The molecule has 4 rings (SSSR count). The molecule has 1 aliphatic carbocycles. The Bertz CT molecular complexity index is 1670. The van der Waals surface area contributed by atoms with Gasteiger partial charge in [-0.2, -0.15) is 0 Å². The van der Waals surface area contributed by atoms with Gasteiger partial charge in [0.05, 0.1) is 33.0 Å². The van der Waals surface area contributed by atoms with Crippen molar-refractivity contribution >= 4 is 11.9 Å². The number of aliphatic hydroxyl groups excluding tert-OH is 2. The minimum Gasteiger partial charge on any atom is -0.493 e. The van der Waals surface area contributed by atoms with Gasteiger partial charge in [-0.3, -0.25) is 0 Å². The third kappa shape index (κ3) is 12.4. The van der Waals surface area contributed by atoms with Gasteiger partial charge in [0.2, 0.25) is 0 Å². The fraction of sp³-hybridized carbons (Fsp3) is 0.500. The second-order valence-electron chi connectivity index (χ2n) is 15.5. The molecule has 1 aliphatic rings. The molecule has 0 heterocycles. The molecule has 0 atom stereocenters. The normalized spacial score (nSPS) is 13.3. The second kappa shape index (κ2) is 21.8. The van der Waals surface area contributed by atoms with Gasteiger partial charge in [-0.05, 0) is 134 Å². The second-order valence-corrected chi connectivity index (χ2v) is 15.5. The zero-order valence-electron chi connectivity index (χ0n) is 33.9. The van der Waals surface area contributed by atoms with E-state index in [9.17, 15) is 19.8 Å². The van der Waals surface area contributed by atoms with E-state index in [4.69, 9.17) is 14.2 Å². The van der Waals surface area contributed by atoms with E-state index in [0.29, 0.717) is 62.2 Å². The number of aryl methyl sites for hydroxylation is 3. The van der Waals surface area contributed by atoms with E-state index in [1.807, 2.05) is 6.92 Å². The minimum atomic E-state index is -0.628. The third-order valence-electron chi connectivity index (χ3n) is 11.0. The van der Waals surface area contributed by atoms with Crippen LogP contribution in [0.3, 0.4) is 0 Å². The van der Waals surface area contributed by atoms with Crippen LogP contribution in [0.5, 0.6) is 5.75 Å². The van der Waals surface area contributed by atoms with E-state index in [0.717, 1.165) is 40.8 Å². The van der Waals surface area contributed by atoms with Gasteiger partial charge in [-0.25, -0.2) is 9.59 Å². The van der Waals surface area contributed by atoms with Gasteiger partial charge in [-0.15, -0.1) is 0 Å². The summed E-state index contributed by atoms with van der Waals surface area (Å²) in [6, 6.07) is 20.3. The average Bonchev–Trinajstić information content (AvgIpc) is 3.21. The molecule has 3 aromatic carbocycles. The molecular weight excluding hydrogens is 689 g/mol. The fourth-order valence-electron chi connectivity index (χ4n) is 7.69. The van der Waals surface area contributed by atoms with Crippen LogP contribution in [0.15, 0.2) is 78.9 Å². The summed E-state index contributed by atoms with van der Waals surface area (Å²) < 4.78 is 17.5. The molecule has 55 heavy (non-hydrogen) atoms. The highest BCUT2D eigenvalue weighted by molar-refractivity contribution is 5.87. The number of rotatable bonds is 22. The van der Waals surface area contributed by atoms with E-state index in [1.54, 1.807) is 13.8 Å². The lowest BCUT2D eigenvalue weighted by atomic mass is 9.82. The molecule has 0 amide bonds. The molecule has 0 saturated heterocycles. The van der Waals surface area contributed by atoms with E-state index in [1.165, 1.54) is 54.4 Å². The van der Waals surface area contributed by atoms with Crippen molar-refractivity contribution in [1.82, 2.24) is 0 Å². The van der Waals surface area contributed by atoms with Crippen molar-refractivity contribution in [3.8, 4) is 28.0 Å². The number of hydrogen-bond donors (Lipinski definition) is 2. The standard InChI is InChI=1S/C48H64O7/c1-7-24-48(32-49,33-50)25-28-53-45-41(16-12-26-54-46(51)34(3)4)30-43(31-42(45)17-13-27-55-47(52)35(5)6)44-23-22-40(29-36(44)8-2)39-20-18-38(19-21-39)37-14-10-9-11-15-37/h18-23,29-31,37,49-50H,3,5,7-17,24-28,32-33H2,1-2,4,6H3. The van der Waals surface area contributed by atoms with Crippen molar-refractivity contribution < 1.29 is 34.0 Å². The lowest BCUT2D eigenvalue weighted by Gasteiger charge is -2.30. The molecule has 1 saturated carbocycles.